The predicted octanol–water partition coefficient (Wildman–Crippen LogP) is 3.63. The van der Waals surface area contributed by atoms with Gasteiger partial charge in [-0.25, -0.2) is 18.6 Å². The molecule has 9 nitrogen and oxygen atoms in total. The molecule has 0 heterocycles. The van der Waals surface area contributed by atoms with Crippen LogP contribution in [0.4, 0.5) is 5.69 Å². The Morgan fingerprint density at radius 2 is 1.74 bits per heavy atom. The van der Waals surface area contributed by atoms with Crippen molar-refractivity contribution in [2.24, 2.45) is 5.10 Å². The number of hydrogen-bond donors (Lipinski definition) is 1. The van der Waals surface area contributed by atoms with Crippen LogP contribution >= 0.6 is 23.2 Å². The van der Waals surface area contributed by atoms with Crippen molar-refractivity contribution in [1.29, 1.82) is 0 Å². The van der Waals surface area contributed by atoms with Crippen LogP contribution in [0.3, 0.4) is 0 Å². The summed E-state index contributed by atoms with van der Waals surface area (Å²) in [5, 5.41) is 4.25. The summed E-state index contributed by atoms with van der Waals surface area (Å²) in [6.07, 6.45) is 2.35. The Bertz CT molecular complexity index is 1160. The molecule has 0 bridgehead atoms. The van der Waals surface area contributed by atoms with Crippen molar-refractivity contribution < 1.29 is 27.5 Å². The van der Waals surface area contributed by atoms with E-state index in [1.54, 1.807) is 45.0 Å². The largest absolute Gasteiger partial charge is 0.482 e. The van der Waals surface area contributed by atoms with Crippen LogP contribution in [-0.4, -0.2) is 51.5 Å². The highest BCUT2D eigenvalue weighted by atomic mass is 35.5. The van der Waals surface area contributed by atoms with Gasteiger partial charge in [-0.2, -0.15) is 5.10 Å². The molecule has 0 spiro atoms. The molecule has 2 rings (SSSR count). The van der Waals surface area contributed by atoms with Gasteiger partial charge in [-0.1, -0.05) is 23.2 Å². The smallest absolute Gasteiger partial charge is 0.344 e. The number of esters is 1. The zero-order valence-corrected chi connectivity index (χ0v) is 21.4. The molecule has 0 saturated carbocycles. The number of amides is 1. The molecule has 0 aromatic heterocycles. The molecule has 0 fully saturated rings. The number of carbonyl (C=O) groups excluding carboxylic acids is 2. The number of rotatable bonds is 9. The van der Waals surface area contributed by atoms with Crippen LogP contribution in [0.25, 0.3) is 0 Å². The van der Waals surface area contributed by atoms with Gasteiger partial charge in [-0.05, 0) is 68.8 Å². The van der Waals surface area contributed by atoms with E-state index in [1.165, 1.54) is 24.4 Å². The third-order valence-electron chi connectivity index (χ3n) is 3.94. The minimum absolute atomic E-state index is 0.157. The number of hydrazone groups is 1. The van der Waals surface area contributed by atoms with Crippen molar-refractivity contribution >= 4 is 57.0 Å². The Morgan fingerprint density at radius 3 is 2.29 bits per heavy atom. The number of carbonyl (C=O) groups is 2. The summed E-state index contributed by atoms with van der Waals surface area (Å²) in [6, 6.07) is 10.8. The van der Waals surface area contributed by atoms with Crippen molar-refractivity contribution in [3.05, 3.63) is 58.1 Å². The Morgan fingerprint density at radius 1 is 1.09 bits per heavy atom. The number of sulfonamides is 1. The van der Waals surface area contributed by atoms with E-state index < -0.39 is 34.0 Å². The monoisotopic (exact) mass is 529 g/mol. The molecule has 0 saturated heterocycles. The first-order chi connectivity index (χ1) is 15.7. The van der Waals surface area contributed by atoms with Gasteiger partial charge in [0.15, 0.2) is 6.61 Å². The molecule has 2 aromatic carbocycles. The van der Waals surface area contributed by atoms with Gasteiger partial charge in [0.25, 0.3) is 5.91 Å². The topological polar surface area (TPSA) is 114 Å². The Labute approximate surface area is 208 Å². The highest BCUT2D eigenvalue weighted by Gasteiger charge is 2.21. The number of nitrogens with one attached hydrogen (secondary N) is 1. The van der Waals surface area contributed by atoms with E-state index >= 15 is 0 Å². The predicted molar refractivity (Wildman–Crippen MR) is 132 cm³/mol. The zero-order chi connectivity index (χ0) is 25.5. The van der Waals surface area contributed by atoms with Crippen molar-refractivity contribution in [2.45, 2.75) is 26.4 Å². The number of benzene rings is 2. The third-order valence-corrected chi connectivity index (χ3v) is 5.82. The second-order valence-electron chi connectivity index (χ2n) is 8.11. The number of anilines is 1. The van der Waals surface area contributed by atoms with Crippen LogP contribution in [0, 0.1) is 0 Å². The maximum absolute atomic E-state index is 12.3. The molecule has 0 aliphatic rings. The van der Waals surface area contributed by atoms with Crippen LogP contribution in [0.5, 0.6) is 5.75 Å². The van der Waals surface area contributed by atoms with Gasteiger partial charge in [0, 0.05) is 0 Å². The summed E-state index contributed by atoms with van der Waals surface area (Å²) in [5.74, 6) is -0.688. The summed E-state index contributed by atoms with van der Waals surface area (Å²) in [6.45, 7) is 4.57. The standard InChI is InChI=1S/C22H25Cl2N3O6S/c1-22(2,3)33-21(29)14-32-17-8-5-15(6-9-17)12-25-26-20(28)13-27(34(4,30)31)16-7-10-18(23)19(24)11-16/h5-12H,13-14H2,1-4H3,(H,26,28)/b25-12-. The van der Waals surface area contributed by atoms with E-state index in [2.05, 4.69) is 10.5 Å². The molecule has 1 N–H and O–H groups in total. The first-order valence-corrected chi connectivity index (χ1v) is 12.5. The van der Waals surface area contributed by atoms with Gasteiger partial charge in [-0.3, -0.25) is 9.10 Å². The number of halogens is 2. The second kappa shape index (κ2) is 11.5. The van der Waals surface area contributed by atoms with Gasteiger partial charge in [-0.15, -0.1) is 0 Å². The fraction of sp³-hybridized carbons (Fsp3) is 0.318. The first-order valence-electron chi connectivity index (χ1n) is 9.94. The fourth-order valence-corrected chi connectivity index (χ4v) is 3.69. The maximum atomic E-state index is 12.3. The first kappa shape index (κ1) is 27.4. The minimum Gasteiger partial charge on any atom is -0.482 e. The maximum Gasteiger partial charge on any atom is 0.344 e. The van der Waals surface area contributed by atoms with Gasteiger partial charge in [0.05, 0.1) is 28.2 Å². The summed E-state index contributed by atoms with van der Waals surface area (Å²) in [7, 11) is -3.77. The molecular weight excluding hydrogens is 505 g/mol. The zero-order valence-electron chi connectivity index (χ0n) is 19.0. The molecule has 1 amide bonds. The summed E-state index contributed by atoms with van der Waals surface area (Å²) >= 11 is 11.8. The average molecular weight is 530 g/mol. The number of hydrogen-bond acceptors (Lipinski definition) is 7. The van der Waals surface area contributed by atoms with Gasteiger partial charge in [0.2, 0.25) is 10.0 Å². The highest BCUT2D eigenvalue weighted by molar-refractivity contribution is 7.92. The van der Waals surface area contributed by atoms with Crippen LogP contribution in [0.2, 0.25) is 10.0 Å². The molecule has 184 valence electrons. The van der Waals surface area contributed by atoms with Crippen LogP contribution in [0.1, 0.15) is 26.3 Å². The van der Waals surface area contributed by atoms with E-state index in [-0.39, 0.29) is 22.3 Å². The SMILES string of the molecule is CC(C)(C)OC(=O)COc1ccc(/C=N\NC(=O)CN(c2ccc(Cl)c(Cl)c2)S(C)(=O)=O)cc1. The fourth-order valence-electron chi connectivity index (χ4n) is 2.55. The molecule has 2 aromatic rings. The minimum atomic E-state index is -3.77. The Balaban J connectivity index is 1.93. The van der Waals surface area contributed by atoms with Crippen molar-refractivity contribution in [3.63, 3.8) is 0 Å². The number of nitrogens with zero attached hydrogens (tertiary/aromatic N) is 2. The molecule has 0 radical (unpaired) electrons. The molecule has 0 atom stereocenters. The van der Waals surface area contributed by atoms with Crippen LogP contribution in [0.15, 0.2) is 47.6 Å². The Hall–Kier alpha value is -2.82. The summed E-state index contributed by atoms with van der Waals surface area (Å²) < 4.78 is 35.7. The van der Waals surface area contributed by atoms with E-state index in [4.69, 9.17) is 32.7 Å². The average Bonchev–Trinajstić information content (AvgIpc) is 2.71. The van der Waals surface area contributed by atoms with Gasteiger partial charge in [0.1, 0.15) is 17.9 Å². The highest BCUT2D eigenvalue weighted by Crippen LogP contribution is 2.28. The van der Waals surface area contributed by atoms with Crippen molar-refractivity contribution in [2.75, 3.05) is 23.7 Å². The second-order valence-corrected chi connectivity index (χ2v) is 10.8. The lowest BCUT2D eigenvalue weighted by molar-refractivity contribution is -0.157. The molecule has 0 aliphatic heterocycles. The normalized spacial score (nSPS) is 11.8. The summed E-state index contributed by atoms with van der Waals surface area (Å²) in [5.41, 5.74) is 2.51. The lowest BCUT2D eigenvalue weighted by atomic mass is 10.2. The van der Waals surface area contributed by atoms with Gasteiger partial charge < -0.3 is 9.47 Å². The molecule has 34 heavy (non-hydrogen) atoms. The van der Waals surface area contributed by atoms with Gasteiger partial charge >= 0.3 is 5.97 Å². The number of ether oxygens (including phenoxy) is 2. The van der Waals surface area contributed by atoms with Crippen LogP contribution < -0.4 is 14.5 Å². The molecule has 12 heteroatoms. The lowest BCUT2D eigenvalue weighted by Crippen LogP contribution is -2.39. The molecule has 0 unspecified atom stereocenters. The van der Waals surface area contributed by atoms with Crippen LogP contribution in [-0.2, 0) is 24.3 Å². The summed E-state index contributed by atoms with van der Waals surface area (Å²) in [4.78, 5) is 24.0. The van der Waals surface area contributed by atoms with E-state index in [0.29, 0.717) is 11.3 Å². The van der Waals surface area contributed by atoms with Crippen molar-refractivity contribution in [1.82, 2.24) is 5.43 Å². The molecular formula is C22H25Cl2N3O6S. The van der Waals surface area contributed by atoms with E-state index in [9.17, 15) is 18.0 Å². The van der Waals surface area contributed by atoms with Crippen molar-refractivity contribution in [3.8, 4) is 5.75 Å². The molecule has 0 aliphatic carbocycles. The van der Waals surface area contributed by atoms with E-state index in [1.807, 2.05) is 0 Å². The quantitative estimate of drug-likeness (QED) is 0.301. The third kappa shape index (κ3) is 9.20. The van der Waals surface area contributed by atoms with E-state index in [0.717, 1.165) is 10.6 Å². The Kier molecular flexibility index (Phi) is 9.31. The lowest BCUT2D eigenvalue weighted by Gasteiger charge is -2.21.